The first-order valence-corrected chi connectivity index (χ1v) is 7.27. The van der Waals surface area contributed by atoms with Crippen molar-refractivity contribution in [2.75, 3.05) is 13.7 Å². The van der Waals surface area contributed by atoms with Crippen molar-refractivity contribution in [3.8, 4) is 11.5 Å². The molecule has 1 saturated carbocycles. The molecule has 0 saturated heterocycles. The van der Waals surface area contributed by atoms with E-state index in [0.717, 1.165) is 23.7 Å². The fourth-order valence-electron chi connectivity index (χ4n) is 2.70. The Hall–Kier alpha value is -1.22. The van der Waals surface area contributed by atoms with Gasteiger partial charge >= 0.3 is 0 Å². The molecule has 0 aliphatic heterocycles. The van der Waals surface area contributed by atoms with Crippen molar-refractivity contribution in [3.05, 3.63) is 23.8 Å². The topological polar surface area (TPSA) is 44.5 Å². The Balaban J connectivity index is 2.03. The van der Waals surface area contributed by atoms with Gasteiger partial charge in [0.25, 0.3) is 0 Å². The maximum Gasteiger partial charge on any atom is 0.127 e. The molecular formula is C16H25NO2. The predicted octanol–water partition coefficient (Wildman–Crippen LogP) is 3.67. The van der Waals surface area contributed by atoms with E-state index in [1.165, 1.54) is 32.1 Å². The summed E-state index contributed by atoms with van der Waals surface area (Å²) in [6, 6.07) is 5.86. The first kappa shape index (κ1) is 14.2. The molecule has 1 fully saturated rings. The number of hydrogen-bond donors (Lipinski definition) is 1. The number of ether oxygens (including phenoxy) is 2. The predicted molar refractivity (Wildman–Crippen MR) is 77.7 cm³/mol. The summed E-state index contributed by atoms with van der Waals surface area (Å²) >= 11 is 0. The SMILES string of the molecule is COc1ccc(C(C)N)c(OCC2CCCCC2)c1. The van der Waals surface area contributed by atoms with Gasteiger partial charge in [0, 0.05) is 17.7 Å². The second-order valence-electron chi connectivity index (χ2n) is 5.51. The average molecular weight is 263 g/mol. The van der Waals surface area contributed by atoms with E-state index in [1.807, 2.05) is 25.1 Å². The van der Waals surface area contributed by atoms with Gasteiger partial charge in [0.05, 0.1) is 13.7 Å². The molecule has 0 radical (unpaired) electrons. The fraction of sp³-hybridized carbons (Fsp3) is 0.625. The normalized spacial score (nSPS) is 18.1. The zero-order valence-electron chi connectivity index (χ0n) is 12.0. The number of hydrogen-bond acceptors (Lipinski definition) is 3. The van der Waals surface area contributed by atoms with Crippen molar-refractivity contribution in [3.63, 3.8) is 0 Å². The molecule has 2 rings (SSSR count). The Labute approximate surface area is 116 Å². The van der Waals surface area contributed by atoms with Gasteiger partial charge in [-0.3, -0.25) is 0 Å². The molecule has 1 atom stereocenters. The first-order valence-electron chi connectivity index (χ1n) is 7.27. The van der Waals surface area contributed by atoms with Crippen LogP contribution in [0, 0.1) is 5.92 Å². The van der Waals surface area contributed by atoms with E-state index < -0.39 is 0 Å². The molecule has 1 unspecified atom stereocenters. The van der Waals surface area contributed by atoms with Crippen molar-refractivity contribution >= 4 is 0 Å². The molecule has 0 heterocycles. The van der Waals surface area contributed by atoms with E-state index in [4.69, 9.17) is 15.2 Å². The summed E-state index contributed by atoms with van der Waals surface area (Å²) in [5.41, 5.74) is 7.05. The van der Waals surface area contributed by atoms with Crippen molar-refractivity contribution < 1.29 is 9.47 Å². The van der Waals surface area contributed by atoms with Crippen LogP contribution in [0.4, 0.5) is 0 Å². The highest BCUT2D eigenvalue weighted by atomic mass is 16.5. The Morgan fingerprint density at radius 1 is 1.26 bits per heavy atom. The quantitative estimate of drug-likeness (QED) is 0.881. The molecular weight excluding hydrogens is 238 g/mol. The molecule has 3 heteroatoms. The molecule has 0 spiro atoms. The largest absolute Gasteiger partial charge is 0.497 e. The highest BCUT2D eigenvalue weighted by Crippen LogP contribution is 2.30. The van der Waals surface area contributed by atoms with E-state index in [9.17, 15) is 0 Å². The summed E-state index contributed by atoms with van der Waals surface area (Å²) in [5, 5.41) is 0. The monoisotopic (exact) mass is 263 g/mol. The smallest absolute Gasteiger partial charge is 0.127 e. The third-order valence-corrected chi connectivity index (χ3v) is 3.91. The van der Waals surface area contributed by atoms with E-state index in [1.54, 1.807) is 7.11 Å². The Kier molecular flexibility index (Phi) is 5.08. The highest BCUT2D eigenvalue weighted by molar-refractivity contribution is 5.42. The second-order valence-corrected chi connectivity index (χ2v) is 5.51. The van der Waals surface area contributed by atoms with Crippen LogP contribution in [0.3, 0.4) is 0 Å². The number of benzene rings is 1. The molecule has 1 aliphatic rings. The van der Waals surface area contributed by atoms with Crippen LogP contribution < -0.4 is 15.2 Å². The van der Waals surface area contributed by atoms with Gasteiger partial charge in [0.1, 0.15) is 11.5 Å². The minimum atomic E-state index is -0.0211. The zero-order chi connectivity index (χ0) is 13.7. The zero-order valence-corrected chi connectivity index (χ0v) is 12.0. The van der Waals surface area contributed by atoms with Gasteiger partial charge in [-0.1, -0.05) is 25.3 Å². The van der Waals surface area contributed by atoms with Gasteiger partial charge < -0.3 is 15.2 Å². The van der Waals surface area contributed by atoms with Gasteiger partial charge in [-0.15, -0.1) is 0 Å². The van der Waals surface area contributed by atoms with Crippen molar-refractivity contribution in [2.24, 2.45) is 11.7 Å². The Bertz CT molecular complexity index is 398. The molecule has 0 aromatic heterocycles. The summed E-state index contributed by atoms with van der Waals surface area (Å²) < 4.78 is 11.3. The third-order valence-electron chi connectivity index (χ3n) is 3.91. The van der Waals surface area contributed by atoms with Gasteiger partial charge in [-0.2, -0.15) is 0 Å². The third kappa shape index (κ3) is 3.87. The molecule has 1 aliphatic carbocycles. The molecule has 2 N–H and O–H groups in total. The number of methoxy groups -OCH3 is 1. The van der Waals surface area contributed by atoms with E-state index >= 15 is 0 Å². The van der Waals surface area contributed by atoms with Crippen LogP contribution in [0.25, 0.3) is 0 Å². The Morgan fingerprint density at radius 2 is 2.00 bits per heavy atom. The summed E-state index contributed by atoms with van der Waals surface area (Å²) in [6.07, 6.45) is 6.63. The van der Waals surface area contributed by atoms with E-state index in [-0.39, 0.29) is 6.04 Å². The van der Waals surface area contributed by atoms with Crippen molar-refractivity contribution in [1.29, 1.82) is 0 Å². The lowest BCUT2D eigenvalue weighted by Gasteiger charge is -2.23. The highest BCUT2D eigenvalue weighted by Gasteiger charge is 2.16. The summed E-state index contributed by atoms with van der Waals surface area (Å²) in [4.78, 5) is 0. The molecule has 0 bridgehead atoms. The van der Waals surface area contributed by atoms with Crippen LogP contribution in [0.1, 0.15) is 50.6 Å². The van der Waals surface area contributed by atoms with Crippen LogP contribution in [-0.2, 0) is 0 Å². The minimum absolute atomic E-state index is 0.0211. The van der Waals surface area contributed by atoms with Crippen LogP contribution in [0.15, 0.2) is 18.2 Å². The van der Waals surface area contributed by atoms with Crippen LogP contribution in [0.2, 0.25) is 0 Å². The number of rotatable bonds is 5. The minimum Gasteiger partial charge on any atom is -0.497 e. The van der Waals surface area contributed by atoms with E-state index in [2.05, 4.69) is 0 Å². The van der Waals surface area contributed by atoms with Crippen LogP contribution in [0.5, 0.6) is 11.5 Å². The molecule has 19 heavy (non-hydrogen) atoms. The lowest BCUT2D eigenvalue weighted by molar-refractivity contribution is 0.206. The molecule has 1 aromatic rings. The standard InChI is InChI=1S/C16H25NO2/c1-12(17)15-9-8-14(18-2)10-16(15)19-11-13-6-4-3-5-7-13/h8-10,12-13H,3-7,11,17H2,1-2H3. The molecule has 0 amide bonds. The molecule has 3 nitrogen and oxygen atoms in total. The maximum absolute atomic E-state index is 6.02. The first-order chi connectivity index (χ1) is 9.20. The van der Waals surface area contributed by atoms with Crippen LogP contribution >= 0.6 is 0 Å². The average Bonchev–Trinajstić information content (AvgIpc) is 2.45. The van der Waals surface area contributed by atoms with Crippen molar-refractivity contribution in [2.45, 2.75) is 45.1 Å². The van der Waals surface area contributed by atoms with Gasteiger partial charge in [0.15, 0.2) is 0 Å². The van der Waals surface area contributed by atoms with Gasteiger partial charge in [-0.25, -0.2) is 0 Å². The summed E-state index contributed by atoms with van der Waals surface area (Å²) in [5.74, 6) is 2.39. The summed E-state index contributed by atoms with van der Waals surface area (Å²) in [7, 11) is 1.67. The Morgan fingerprint density at radius 3 is 2.63 bits per heavy atom. The second kappa shape index (κ2) is 6.80. The summed E-state index contributed by atoms with van der Waals surface area (Å²) in [6.45, 7) is 2.78. The molecule has 106 valence electrons. The lowest BCUT2D eigenvalue weighted by atomic mass is 9.90. The number of nitrogens with two attached hydrogens (primary N) is 1. The van der Waals surface area contributed by atoms with E-state index in [0.29, 0.717) is 5.92 Å². The van der Waals surface area contributed by atoms with Crippen LogP contribution in [-0.4, -0.2) is 13.7 Å². The van der Waals surface area contributed by atoms with Gasteiger partial charge in [-0.05, 0) is 31.7 Å². The maximum atomic E-state index is 6.02. The molecule has 1 aromatic carbocycles. The van der Waals surface area contributed by atoms with Gasteiger partial charge in [0.2, 0.25) is 0 Å². The van der Waals surface area contributed by atoms with Crippen molar-refractivity contribution in [1.82, 2.24) is 0 Å². The lowest BCUT2D eigenvalue weighted by Crippen LogP contribution is -2.17. The fourth-order valence-corrected chi connectivity index (χ4v) is 2.70.